The molecule has 0 radical (unpaired) electrons. The van der Waals surface area contributed by atoms with Gasteiger partial charge in [-0.3, -0.25) is 9.59 Å². The molecule has 6 nitrogen and oxygen atoms in total. The van der Waals surface area contributed by atoms with E-state index in [9.17, 15) is 19.8 Å². The number of aliphatic hydroxyl groups excluding tert-OH is 2. The van der Waals surface area contributed by atoms with Gasteiger partial charge in [0.2, 0.25) is 5.91 Å². The molecule has 0 aliphatic heterocycles. The molecule has 0 fully saturated rings. The molecule has 0 bridgehead atoms. The van der Waals surface area contributed by atoms with E-state index in [0.717, 1.165) is 38.5 Å². The first kappa shape index (κ1) is 72.6. The Bertz CT molecular complexity index is 1110. The molecular weight excluding hydrogens is 911 g/mol. The van der Waals surface area contributed by atoms with Crippen molar-refractivity contribution in [1.82, 2.24) is 5.32 Å². The molecule has 0 saturated heterocycles. The zero-order valence-corrected chi connectivity index (χ0v) is 50.4. The van der Waals surface area contributed by atoms with Crippen molar-refractivity contribution in [1.29, 1.82) is 0 Å². The van der Waals surface area contributed by atoms with Crippen molar-refractivity contribution in [2.75, 3.05) is 13.2 Å². The molecule has 0 spiro atoms. The molecule has 0 aliphatic carbocycles. The van der Waals surface area contributed by atoms with Gasteiger partial charge >= 0.3 is 5.97 Å². The lowest BCUT2D eigenvalue weighted by Gasteiger charge is -2.20. The van der Waals surface area contributed by atoms with Crippen molar-refractivity contribution in [3.05, 3.63) is 12.2 Å². The molecule has 0 aromatic carbocycles. The summed E-state index contributed by atoms with van der Waals surface area (Å²) in [5, 5.41) is 23.0. The predicted octanol–water partition coefficient (Wildman–Crippen LogP) is 21.6. The number of carbonyl (C=O) groups is 2. The van der Waals surface area contributed by atoms with Gasteiger partial charge in [0, 0.05) is 12.8 Å². The van der Waals surface area contributed by atoms with Gasteiger partial charge in [-0.05, 0) is 32.1 Å². The van der Waals surface area contributed by atoms with E-state index in [0.29, 0.717) is 19.4 Å². The minimum absolute atomic E-state index is 0.0242. The van der Waals surface area contributed by atoms with Gasteiger partial charge < -0.3 is 20.3 Å². The number of unbranched alkanes of at least 4 members (excludes halogenated alkanes) is 53. The summed E-state index contributed by atoms with van der Waals surface area (Å²) in [7, 11) is 0. The molecule has 3 N–H and O–H groups in total. The van der Waals surface area contributed by atoms with Crippen molar-refractivity contribution in [2.24, 2.45) is 0 Å². The highest BCUT2D eigenvalue weighted by molar-refractivity contribution is 5.76. The number of rotatable bonds is 64. The topological polar surface area (TPSA) is 95.9 Å². The average molecular weight is 1040 g/mol. The highest BCUT2D eigenvalue weighted by Gasteiger charge is 2.18. The number of amides is 1. The largest absolute Gasteiger partial charge is 0.466 e. The summed E-state index contributed by atoms with van der Waals surface area (Å²) in [5.41, 5.74) is 0. The molecule has 1 amide bonds. The third kappa shape index (κ3) is 59.8. The third-order valence-corrected chi connectivity index (χ3v) is 16.1. The number of carbonyl (C=O) groups excluding carboxylic acids is 2. The SMILES string of the molecule is CCCCCCCCCC/C=C/C(O)C(CO)NC(=O)CCCCCCCCCCCCCCCCCCCCCCCCCCCCCCCOC(=O)CCCCCCCCCCCCCCCCCCCC. The molecule has 74 heavy (non-hydrogen) atoms. The van der Waals surface area contributed by atoms with Crippen LogP contribution in [0.25, 0.3) is 0 Å². The van der Waals surface area contributed by atoms with E-state index in [1.165, 1.54) is 321 Å². The van der Waals surface area contributed by atoms with Gasteiger partial charge in [-0.1, -0.05) is 353 Å². The first-order valence-corrected chi connectivity index (χ1v) is 34.0. The standard InChI is InChI=1S/C68H133NO5/c1-3-5-7-9-11-13-15-16-17-18-33-36-39-42-46-50-54-58-62-68(73)74-63-59-55-51-47-43-40-37-34-31-29-27-25-23-21-19-20-22-24-26-28-30-32-35-38-41-45-49-53-57-61-67(72)69-65(64-70)66(71)60-56-52-48-44-14-12-10-8-6-4-2/h56,60,65-66,70-71H,3-55,57-59,61-64H2,1-2H3,(H,69,72)/b60-56+. The van der Waals surface area contributed by atoms with Crippen molar-refractivity contribution < 1.29 is 24.5 Å². The van der Waals surface area contributed by atoms with Gasteiger partial charge in [0.1, 0.15) is 0 Å². The Hall–Kier alpha value is -1.40. The van der Waals surface area contributed by atoms with Crippen LogP contribution >= 0.6 is 0 Å². The van der Waals surface area contributed by atoms with E-state index < -0.39 is 12.1 Å². The van der Waals surface area contributed by atoms with Gasteiger partial charge in [0.15, 0.2) is 0 Å². The number of esters is 1. The first-order chi connectivity index (χ1) is 36.5. The van der Waals surface area contributed by atoms with Crippen LogP contribution in [0.4, 0.5) is 0 Å². The lowest BCUT2D eigenvalue weighted by Crippen LogP contribution is -2.45. The van der Waals surface area contributed by atoms with Gasteiger partial charge in [0.05, 0.1) is 25.4 Å². The maximum Gasteiger partial charge on any atom is 0.305 e. The Kier molecular flexibility index (Phi) is 62.9. The van der Waals surface area contributed by atoms with Crippen LogP contribution in [-0.2, 0) is 14.3 Å². The van der Waals surface area contributed by atoms with Crippen LogP contribution in [0.5, 0.6) is 0 Å². The number of nitrogens with one attached hydrogen (secondary N) is 1. The molecule has 0 rings (SSSR count). The molecule has 2 unspecified atom stereocenters. The summed E-state index contributed by atoms with van der Waals surface area (Å²) in [4.78, 5) is 24.5. The summed E-state index contributed by atoms with van der Waals surface area (Å²) in [6.45, 7) is 4.92. The van der Waals surface area contributed by atoms with Crippen LogP contribution in [-0.4, -0.2) is 47.4 Å². The van der Waals surface area contributed by atoms with E-state index >= 15 is 0 Å². The maximum atomic E-state index is 12.4. The Morgan fingerprint density at radius 2 is 0.622 bits per heavy atom. The Morgan fingerprint density at radius 3 is 0.919 bits per heavy atom. The molecule has 0 aliphatic rings. The lowest BCUT2D eigenvalue weighted by atomic mass is 10.0. The lowest BCUT2D eigenvalue weighted by molar-refractivity contribution is -0.143. The number of hydrogen-bond acceptors (Lipinski definition) is 5. The smallest absolute Gasteiger partial charge is 0.305 e. The van der Waals surface area contributed by atoms with Crippen LogP contribution in [0, 0.1) is 0 Å². The van der Waals surface area contributed by atoms with E-state index in [1.807, 2.05) is 6.08 Å². The van der Waals surface area contributed by atoms with Crippen LogP contribution in [0.1, 0.15) is 386 Å². The Balaban J connectivity index is 3.30. The van der Waals surface area contributed by atoms with E-state index in [4.69, 9.17) is 4.74 Å². The zero-order valence-electron chi connectivity index (χ0n) is 50.4. The highest BCUT2D eigenvalue weighted by Crippen LogP contribution is 2.19. The second-order valence-corrected chi connectivity index (χ2v) is 23.5. The van der Waals surface area contributed by atoms with Crippen LogP contribution in [0.3, 0.4) is 0 Å². The van der Waals surface area contributed by atoms with E-state index in [1.54, 1.807) is 6.08 Å². The summed E-state index contributed by atoms with van der Waals surface area (Å²) in [6, 6.07) is -0.622. The second kappa shape index (κ2) is 64.1. The van der Waals surface area contributed by atoms with Gasteiger partial charge in [-0.15, -0.1) is 0 Å². The zero-order chi connectivity index (χ0) is 53.6. The van der Waals surface area contributed by atoms with E-state index in [-0.39, 0.29) is 18.5 Å². The first-order valence-electron chi connectivity index (χ1n) is 34.0. The summed E-state index contributed by atoms with van der Waals surface area (Å²) in [5.74, 6) is -0.0403. The molecular formula is C68H133NO5. The van der Waals surface area contributed by atoms with Crippen molar-refractivity contribution in [3.63, 3.8) is 0 Å². The van der Waals surface area contributed by atoms with Crippen LogP contribution in [0.2, 0.25) is 0 Å². The Labute approximate surface area is 463 Å². The van der Waals surface area contributed by atoms with Crippen molar-refractivity contribution in [3.8, 4) is 0 Å². The van der Waals surface area contributed by atoms with Crippen molar-refractivity contribution in [2.45, 2.75) is 398 Å². The van der Waals surface area contributed by atoms with Crippen LogP contribution in [0.15, 0.2) is 12.2 Å². The molecule has 0 aromatic rings. The third-order valence-electron chi connectivity index (χ3n) is 16.1. The monoisotopic (exact) mass is 1040 g/mol. The fourth-order valence-electron chi connectivity index (χ4n) is 10.9. The summed E-state index contributed by atoms with van der Waals surface area (Å²) in [6.07, 6.45) is 78.7. The summed E-state index contributed by atoms with van der Waals surface area (Å²) >= 11 is 0. The maximum absolute atomic E-state index is 12.4. The Morgan fingerprint density at radius 1 is 0.365 bits per heavy atom. The summed E-state index contributed by atoms with van der Waals surface area (Å²) < 4.78 is 5.51. The van der Waals surface area contributed by atoms with Crippen LogP contribution < -0.4 is 5.32 Å². The second-order valence-electron chi connectivity index (χ2n) is 23.5. The van der Waals surface area contributed by atoms with Crippen molar-refractivity contribution >= 4 is 11.9 Å². The average Bonchev–Trinajstić information content (AvgIpc) is 3.40. The molecule has 6 heteroatoms. The highest BCUT2D eigenvalue weighted by atomic mass is 16.5. The van der Waals surface area contributed by atoms with Gasteiger partial charge in [0.25, 0.3) is 0 Å². The minimum atomic E-state index is -0.839. The predicted molar refractivity (Wildman–Crippen MR) is 324 cm³/mol. The number of ether oxygens (including phenoxy) is 1. The molecule has 2 atom stereocenters. The molecule has 0 saturated carbocycles. The normalized spacial score (nSPS) is 12.5. The number of hydrogen-bond donors (Lipinski definition) is 3. The fraction of sp³-hybridized carbons (Fsp3) is 0.941. The molecule has 0 aromatic heterocycles. The number of allylic oxidation sites excluding steroid dienone is 1. The molecule has 0 heterocycles. The quantitative estimate of drug-likeness (QED) is 0.0320. The van der Waals surface area contributed by atoms with E-state index in [2.05, 4.69) is 19.2 Å². The molecule has 440 valence electrons. The number of aliphatic hydroxyl groups is 2. The van der Waals surface area contributed by atoms with Gasteiger partial charge in [-0.25, -0.2) is 0 Å². The minimum Gasteiger partial charge on any atom is -0.466 e. The fourth-order valence-corrected chi connectivity index (χ4v) is 10.9. The van der Waals surface area contributed by atoms with Gasteiger partial charge in [-0.2, -0.15) is 0 Å².